The minimum absolute atomic E-state index is 0.0472. The molecule has 0 aromatic rings. The minimum Gasteiger partial charge on any atom is -0.355 e. The highest BCUT2D eigenvalue weighted by Crippen LogP contribution is 2.08. The van der Waals surface area contributed by atoms with Crippen LogP contribution in [-0.2, 0) is 14.4 Å². The van der Waals surface area contributed by atoms with Crippen molar-refractivity contribution in [3.63, 3.8) is 0 Å². The van der Waals surface area contributed by atoms with Crippen LogP contribution in [0.5, 0.6) is 0 Å². The molecule has 1 rings (SSSR count). The second-order valence-electron chi connectivity index (χ2n) is 3.34. The van der Waals surface area contributed by atoms with Gasteiger partial charge in [-0.1, -0.05) is 0 Å². The van der Waals surface area contributed by atoms with Crippen molar-refractivity contribution >= 4 is 11.8 Å². The summed E-state index contributed by atoms with van der Waals surface area (Å²) in [4.78, 5) is 26.9. The molecule has 0 saturated carbocycles. The summed E-state index contributed by atoms with van der Waals surface area (Å²) in [6.45, 7) is 4.04. The number of hydrogen-bond donors (Lipinski definition) is 2. The molecule has 0 aromatic heterocycles. The lowest BCUT2D eigenvalue weighted by Gasteiger charge is -2.10. The SMILES string of the molecule is CC(C)ONC(=O)C1CNC(=O)C1. The Bertz CT molecular complexity index is 215. The van der Waals surface area contributed by atoms with Crippen molar-refractivity contribution in [3.05, 3.63) is 0 Å². The first kappa shape index (κ1) is 9.98. The molecule has 0 spiro atoms. The van der Waals surface area contributed by atoms with Crippen LogP contribution in [0.1, 0.15) is 20.3 Å². The van der Waals surface area contributed by atoms with Gasteiger partial charge in [0, 0.05) is 13.0 Å². The molecule has 5 nitrogen and oxygen atoms in total. The molecular weight excluding hydrogens is 172 g/mol. The fourth-order valence-corrected chi connectivity index (χ4v) is 1.05. The van der Waals surface area contributed by atoms with Gasteiger partial charge in [-0.3, -0.25) is 14.4 Å². The van der Waals surface area contributed by atoms with E-state index in [9.17, 15) is 9.59 Å². The van der Waals surface area contributed by atoms with Gasteiger partial charge in [0.15, 0.2) is 0 Å². The number of carbonyl (C=O) groups is 2. The van der Waals surface area contributed by atoms with Gasteiger partial charge in [-0.05, 0) is 13.8 Å². The largest absolute Gasteiger partial charge is 0.355 e. The molecule has 0 aliphatic carbocycles. The summed E-state index contributed by atoms with van der Waals surface area (Å²) in [5.41, 5.74) is 2.31. The van der Waals surface area contributed by atoms with Crippen molar-refractivity contribution in [2.45, 2.75) is 26.4 Å². The van der Waals surface area contributed by atoms with Gasteiger partial charge in [-0.2, -0.15) is 0 Å². The predicted octanol–water partition coefficient (Wildman–Crippen LogP) is -0.421. The Morgan fingerprint density at radius 3 is 2.85 bits per heavy atom. The van der Waals surface area contributed by atoms with Gasteiger partial charge in [0.2, 0.25) is 11.8 Å². The summed E-state index contributed by atoms with van der Waals surface area (Å²) in [7, 11) is 0. The van der Waals surface area contributed by atoms with Gasteiger partial charge in [-0.25, -0.2) is 5.48 Å². The van der Waals surface area contributed by atoms with Crippen LogP contribution in [0, 0.1) is 5.92 Å². The molecule has 74 valence electrons. The number of carbonyl (C=O) groups excluding carboxylic acids is 2. The Labute approximate surface area is 76.8 Å². The minimum atomic E-state index is -0.286. The van der Waals surface area contributed by atoms with Crippen molar-refractivity contribution in [1.29, 1.82) is 0 Å². The lowest BCUT2D eigenvalue weighted by atomic mass is 10.1. The molecule has 1 aliphatic heterocycles. The van der Waals surface area contributed by atoms with E-state index in [2.05, 4.69) is 10.8 Å². The quantitative estimate of drug-likeness (QED) is 0.588. The molecule has 1 aliphatic rings. The highest BCUT2D eigenvalue weighted by Gasteiger charge is 2.27. The molecule has 5 heteroatoms. The molecular formula is C8H14N2O3. The van der Waals surface area contributed by atoms with Crippen LogP contribution in [-0.4, -0.2) is 24.5 Å². The van der Waals surface area contributed by atoms with Crippen LogP contribution in [0.4, 0.5) is 0 Å². The molecule has 0 bridgehead atoms. The fraction of sp³-hybridized carbons (Fsp3) is 0.750. The normalized spacial score (nSPS) is 21.8. The molecule has 2 N–H and O–H groups in total. The lowest BCUT2D eigenvalue weighted by Crippen LogP contribution is -2.33. The maximum Gasteiger partial charge on any atom is 0.248 e. The van der Waals surface area contributed by atoms with Gasteiger partial charge in [0.25, 0.3) is 0 Å². The van der Waals surface area contributed by atoms with Crippen LogP contribution in [0.15, 0.2) is 0 Å². The Kier molecular flexibility index (Phi) is 3.25. The monoisotopic (exact) mass is 186 g/mol. The van der Waals surface area contributed by atoms with Crippen molar-refractivity contribution in [1.82, 2.24) is 10.8 Å². The molecule has 13 heavy (non-hydrogen) atoms. The third kappa shape index (κ3) is 3.02. The summed E-state index contributed by atoms with van der Waals surface area (Å²) < 4.78 is 0. The Balaban J connectivity index is 2.27. The summed E-state index contributed by atoms with van der Waals surface area (Å²) in [6, 6.07) is 0. The number of rotatable bonds is 3. The van der Waals surface area contributed by atoms with Gasteiger partial charge in [0.1, 0.15) is 0 Å². The van der Waals surface area contributed by atoms with Crippen molar-refractivity contribution < 1.29 is 14.4 Å². The smallest absolute Gasteiger partial charge is 0.248 e. The Hall–Kier alpha value is -1.10. The summed E-state index contributed by atoms with van der Waals surface area (Å²) in [6.07, 6.45) is 0.210. The van der Waals surface area contributed by atoms with Crippen LogP contribution in [0.2, 0.25) is 0 Å². The third-order valence-corrected chi connectivity index (χ3v) is 1.74. The Morgan fingerprint density at radius 2 is 2.38 bits per heavy atom. The van der Waals surface area contributed by atoms with Crippen LogP contribution < -0.4 is 10.8 Å². The summed E-state index contributed by atoms with van der Waals surface area (Å²) >= 11 is 0. The van der Waals surface area contributed by atoms with Gasteiger partial charge < -0.3 is 5.32 Å². The van der Waals surface area contributed by atoms with E-state index in [1.807, 2.05) is 13.8 Å². The lowest BCUT2D eigenvalue weighted by molar-refractivity contribution is -0.141. The molecule has 2 amide bonds. The molecule has 0 radical (unpaired) electrons. The van der Waals surface area contributed by atoms with Crippen molar-refractivity contribution in [3.8, 4) is 0 Å². The highest BCUT2D eigenvalue weighted by molar-refractivity contribution is 5.88. The van der Waals surface area contributed by atoms with E-state index < -0.39 is 0 Å². The van der Waals surface area contributed by atoms with Crippen LogP contribution in [0.3, 0.4) is 0 Å². The molecule has 1 atom stereocenters. The van der Waals surface area contributed by atoms with Crippen LogP contribution >= 0.6 is 0 Å². The highest BCUT2D eigenvalue weighted by atomic mass is 16.7. The zero-order valence-electron chi connectivity index (χ0n) is 7.79. The standard InChI is InChI=1S/C8H14N2O3/c1-5(2)13-10-8(12)6-3-7(11)9-4-6/h5-6H,3-4H2,1-2H3,(H,9,11)(H,10,12). The van der Waals surface area contributed by atoms with E-state index >= 15 is 0 Å². The zero-order chi connectivity index (χ0) is 9.84. The number of hydroxylamine groups is 1. The molecule has 0 aromatic carbocycles. The first-order valence-electron chi connectivity index (χ1n) is 4.32. The fourth-order valence-electron chi connectivity index (χ4n) is 1.05. The first-order valence-corrected chi connectivity index (χ1v) is 4.32. The molecule has 1 saturated heterocycles. The molecule has 1 unspecified atom stereocenters. The average Bonchev–Trinajstić information content (AvgIpc) is 2.47. The van der Waals surface area contributed by atoms with Crippen LogP contribution in [0.25, 0.3) is 0 Å². The van der Waals surface area contributed by atoms with E-state index in [1.54, 1.807) is 0 Å². The van der Waals surface area contributed by atoms with Gasteiger partial charge in [0.05, 0.1) is 12.0 Å². The second-order valence-corrected chi connectivity index (χ2v) is 3.34. The second kappa shape index (κ2) is 4.23. The first-order chi connectivity index (χ1) is 6.09. The maximum absolute atomic E-state index is 11.3. The molecule has 1 heterocycles. The summed E-state index contributed by atoms with van der Waals surface area (Å²) in [5.74, 6) is -0.594. The average molecular weight is 186 g/mol. The summed E-state index contributed by atoms with van der Waals surface area (Å²) in [5, 5.41) is 2.58. The van der Waals surface area contributed by atoms with E-state index in [0.717, 1.165) is 0 Å². The number of hydrogen-bond acceptors (Lipinski definition) is 3. The molecule has 1 fully saturated rings. The Morgan fingerprint density at radius 1 is 1.69 bits per heavy atom. The van der Waals surface area contributed by atoms with Gasteiger partial charge >= 0.3 is 0 Å². The van der Waals surface area contributed by atoms with E-state index in [4.69, 9.17) is 4.84 Å². The van der Waals surface area contributed by atoms with E-state index in [1.165, 1.54) is 0 Å². The maximum atomic E-state index is 11.3. The zero-order valence-corrected chi connectivity index (χ0v) is 7.79. The van der Waals surface area contributed by atoms with Crippen molar-refractivity contribution in [2.75, 3.05) is 6.54 Å². The predicted molar refractivity (Wildman–Crippen MR) is 45.5 cm³/mol. The topological polar surface area (TPSA) is 67.4 Å². The third-order valence-electron chi connectivity index (χ3n) is 1.74. The van der Waals surface area contributed by atoms with E-state index in [-0.39, 0.29) is 30.3 Å². The van der Waals surface area contributed by atoms with E-state index in [0.29, 0.717) is 6.54 Å². The number of nitrogens with one attached hydrogen (secondary N) is 2. The number of amides is 2. The van der Waals surface area contributed by atoms with Gasteiger partial charge in [-0.15, -0.1) is 0 Å². The van der Waals surface area contributed by atoms with Crippen molar-refractivity contribution in [2.24, 2.45) is 5.92 Å².